The first-order chi connectivity index (χ1) is 7.78. The Hall–Kier alpha value is -1.43. The van der Waals surface area contributed by atoms with Crippen LogP contribution < -0.4 is 5.32 Å². The summed E-state index contributed by atoms with van der Waals surface area (Å²) in [5, 5.41) is 21.1. The third kappa shape index (κ3) is 4.95. The largest absolute Gasteiger partial charge is 0.508 e. The quantitative estimate of drug-likeness (QED) is 0.768. The van der Waals surface area contributed by atoms with Crippen molar-refractivity contribution in [2.75, 3.05) is 0 Å². The molecule has 0 radical (unpaired) electrons. The van der Waals surface area contributed by atoms with Crippen LogP contribution in [0.15, 0.2) is 18.2 Å². The van der Waals surface area contributed by atoms with Gasteiger partial charge in [-0.05, 0) is 13.0 Å². The first kappa shape index (κ1) is 13.6. The van der Waals surface area contributed by atoms with E-state index >= 15 is 0 Å². The molecule has 17 heavy (non-hydrogen) atoms. The molecule has 0 amide bonds. The van der Waals surface area contributed by atoms with E-state index in [4.69, 9.17) is 5.11 Å². The Labute approximate surface area is 96.9 Å². The fourth-order valence-corrected chi connectivity index (χ4v) is 1.41. The van der Waals surface area contributed by atoms with Gasteiger partial charge in [0.1, 0.15) is 11.5 Å². The molecule has 1 unspecified atom stereocenters. The molecule has 0 bridgehead atoms. The van der Waals surface area contributed by atoms with Gasteiger partial charge < -0.3 is 15.5 Å². The lowest BCUT2D eigenvalue weighted by Gasteiger charge is -2.16. The lowest BCUT2D eigenvalue weighted by Crippen LogP contribution is -2.30. The van der Waals surface area contributed by atoms with Gasteiger partial charge in [-0.2, -0.15) is 13.2 Å². The summed E-state index contributed by atoms with van der Waals surface area (Å²) in [6.07, 6.45) is -5.13. The van der Waals surface area contributed by atoms with Gasteiger partial charge in [0, 0.05) is 24.2 Å². The molecule has 1 aromatic carbocycles. The molecule has 0 fully saturated rings. The van der Waals surface area contributed by atoms with Crippen molar-refractivity contribution in [2.24, 2.45) is 0 Å². The standard InChI is InChI=1S/C11H14F3NO2/c1-7(5-11(12,13)14)15-6-8-2-3-9(16)4-10(8)17/h2-4,7,15-17H,5-6H2,1H3. The maximum absolute atomic E-state index is 12.0. The number of alkyl halides is 3. The van der Waals surface area contributed by atoms with E-state index in [2.05, 4.69) is 5.32 Å². The zero-order valence-corrected chi connectivity index (χ0v) is 9.25. The predicted octanol–water partition coefficient (Wildman–Crippen LogP) is 2.53. The topological polar surface area (TPSA) is 52.5 Å². The summed E-state index contributed by atoms with van der Waals surface area (Å²) in [6.45, 7) is 1.54. The molecule has 0 saturated carbocycles. The summed E-state index contributed by atoms with van der Waals surface area (Å²) in [6, 6.07) is 3.23. The van der Waals surface area contributed by atoms with Gasteiger partial charge >= 0.3 is 6.18 Å². The lowest BCUT2D eigenvalue weighted by atomic mass is 10.1. The Morgan fingerprint density at radius 2 is 1.94 bits per heavy atom. The van der Waals surface area contributed by atoms with Crippen LogP contribution >= 0.6 is 0 Å². The summed E-state index contributed by atoms with van der Waals surface area (Å²) in [5.41, 5.74) is 0.442. The molecular weight excluding hydrogens is 235 g/mol. The Kier molecular flexibility index (Phi) is 4.22. The molecule has 0 aromatic heterocycles. The number of hydrogen-bond acceptors (Lipinski definition) is 3. The normalized spacial score (nSPS) is 13.6. The van der Waals surface area contributed by atoms with Crippen LogP contribution in [0.4, 0.5) is 13.2 Å². The minimum atomic E-state index is -4.20. The maximum Gasteiger partial charge on any atom is 0.390 e. The SMILES string of the molecule is CC(CC(F)(F)F)NCc1ccc(O)cc1O. The molecule has 3 N–H and O–H groups in total. The van der Waals surface area contributed by atoms with E-state index in [1.807, 2.05) is 0 Å². The van der Waals surface area contributed by atoms with Gasteiger partial charge in [0.25, 0.3) is 0 Å². The second-order valence-electron chi connectivity index (χ2n) is 3.91. The van der Waals surface area contributed by atoms with E-state index in [1.165, 1.54) is 19.1 Å². The predicted molar refractivity (Wildman–Crippen MR) is 56.7 cm³/mol. The van der Waals surface area contributed by atoms with Crippen molar-refractivity contribution in [3.05, 3.63) is 23.8 Å². The molecule has 0 aliphatic heterocycles. The highest BCUT2D eigenvalue weighted by molar-refractivity contribution is 5.38. The number of nitrogens with one attached hydrogen (secondary N) is 1. The molecule has 3 nitrogen and oxygen atoms in total. The Morgan fingerprint density at radius 1 is 1.29 bits per heavy atom. The summed E-state index contributed by atoms with van der Waals surface area (Å²) in [4.78, 5) is 0. The molecule has 96 valence electrons. The second-order valence-corrected chi connectivity index (χ2v) is 3.91. The Morgan fingerprint density at radius 3 is 2.47 bits per heavy atom. The first-order valence-electron chi connectivity index (χ1n) is 5.09. The summed E-state index contributed by atoms with van der Waals surface area (Å²) in [7, 11) is 0. The average Bonchev–Trinajstić information content (AvgIpc) is 2.13. The molecule has 1 rings (SSSR count). The smallest absolute Gasteiger partial charge is 0.390 e. The highest BCUT2D eigenvalue weighted by Gasteiger charge is 2.29. The minimum absolute atomic E-state index is 0.0883. The van der Waals surface area contributed by atoms with Crippen LogP contribution in [0, 0.1) is 0 Å². The summed E-state index contributed by atoms with van der Waals surface area (Å²) < 4.78 is 36.1. The van der Waals surface area contributed by atoms with Crippen molar-refractivity contribution >= 4 is 0 Å². The van der Waals surface area contributed by atoms with Crippen molar-refractivity contribution in [3.63, 3.8) is 0 Å². The number of aromatic hydroxyl groups is 2. The van der Waals surface area contributed by atoms with Gasteiger partial charge in [0.15, 0.2) is 0 Å². The van der Waals surface area contributed by atoms with E-state index < -0.39 is 18.6 Å². The molecule has 0 heterocycles. The zero-order chi connectivity index (χ0) is 13.1. The van der Waals surface area contributed by atoms with Gasteiger partial charge in [-0.1, -0.05) is 6.07 Å². The second kappa shape index (κ2) is 5.27. The van der Waals surface area contributed by atoms with Crippen molar-refractivity contribution in [2.45, 2.75) is 32.1 Å². The Bertz CT molecular complexity index is 379. The summed E-state index contributed by atoms with van der Waals surface area (Å²) >= 11 is 0. The van der Waals surface area contributed by atoms with Gasteiger partial charge in [-0.3, -0.25) is 0 Å². The first-order valence-corrected chi connectivity index (χ1v) is 5.09. The molecule has 0 aliphatic carbocycles. The third-order valence-corrected chi connectivity index (χ3v) is 2.25. The maximum atomic E-state index is 12.0. The van der Waals surface area contributed by atoms with Crippen LogP contribution in [0.2, 0.25) is 0 Å². The number of rotatable bonds is 4. The van der Waals surface area contributed by atoms with E-state index in [1.54, 1.807) is 0 Å². The van der Waals surface area contributed by atoms with Gasteiger partial charge in [0.2, 0.25) is 0 Å². The van der Waals surface area contributed by atoms with Gasteiger partial charge in [0.05, 0.1) is 6.42 Å². The molecule has 1 atom stereocenters. The van der Waals surface area contributed by atoms with E-state index in [9.17, 15) is 18.3 Å². The number of phenolic OH excluding ortho intramolecular Hbond substituents is 2. The Balaban J connectivity index is 2.50. The highest BCUT2D eigenvalue weighted by atomic mass is 19.4. The van der Waals surface area contributed by atoms with Crippen LogP contribution in [-0.4, -0.2) is 22.4 Å². The molecule has 0 spiro atoms. The minimum Gasteiger partial charge on any atom is -0.508 e. The number of hydrogen-bond donors (Lipinski definition) is 3. The number of halogens is 3. The van der Waals surface area contributed by atoms with Gasteiger partial charge in [-0.15, -0.1) is 0 Å². The van der Waals surface area contributed by atoms with Crippen LogP contribution in [-0.2, 0) is 6.54 Å². The van der Waals surface area contributed by atoms with Crippen LogP contribution in [0.1, 0.15) is 18.9 Å². The van der Waals surface area contributed by atoms with Crippen LogP contribution in [0.25, 0.3) is 0 Å². The van der Waals surface area contributed by atoms with Crippen molar-refractivity contribution in [3.8, 4) is 11.5 Å². The van der Waals surface area contributed by atoms with Crippen LogP contribution in [0.5, 0.6) is 11.5 Å². The van der Waals surface area contributed by atoms with Crippen LogP contribution in [0.3, 0.4) is 0 Å². The highest BCUT2D eigenvalue weighted by Crippen LogP contribution is 2.24. The number of phenols is 2. The fourth-order valence-electron chi connectivity index (χ4n) is 1.41. The lowest BCUT2D eigenvalue weighted by molar-refractivity contribution is -0.139. The molecule has 0 saturated heterocycles. The summed E-state index contributed by atoms with van der Waals surface area (Å²) in [5.74, 6) is -0.230. The van der Waals surface area contributed by atoms with E-state index in [0.29, 0.717) is 5.56 Å². The third-order valence-electron chi connectivity index (χ3n) is 2.25. The fraction of sp³-hybridized carbons (Fsp3) is 0.455. The molecule has 1 aromatic rings. The average molecular weight is 249 g/mol. The van der Waals surface area contributed by atoms with Gasteiger partial charge in [-0.25, -0.2) is 0 Å². The molecule has 6 heteroatoms. The van der Waals surface area contributed by atoms with Crippen molar-refractivity contribution in [1.29, 1.82) is 0 Å². The van der Waals surface area contributed by atoms with Crippen molar-refractivity contribution < 1.29 is 23.4 Å². The molecule has 0 aliphatic rings. The number of benzene rings is 1. The van der Waals surface area contributed by atoms with E-state index in [0.717, 1.165) is 6.07 Å². The molecular formula is C11H14F3NO2. The monoisotopic (exact) mass is 249 g/mol. The van der Waals surface area contributed by atoms with Crippen molar-refractivity contribution in [1.82, 2.24) is 5.32 Å². The van der Waals surface area contributed by atoms with E-state index in [-0.39, 0.29) is 18.0 Å². The zero-order valence-electron chi connectivity index (χ0n) is 9.25.